The highest BCUT2D eigenvalue weighted by Gasteiger charge is 2.13. The van der Waals surface area contributed by atoms with E-state index in [1.54, 1.807) is 20.8 Å². The number of amides is 1. The Hall–Kier alpha value is -2.48. The Kier molecular flexibility index (Phi) is 3.53. The van der Waals surface area contributed by atoms with Crippen LogP contribution in [0, 0.1) is 0 Å². The van der Waals surface area contributed by atoms with Crippen LogP contribution in [-0.2, 0) is 4.79 Å². The SMILES string of the molecule is CCN(CC(N)=O)c1ccc2nnc(-c3ccsc3)n2n1. The van der Waals surface area contributed by atoms with E-state index in [2.05, 4.69) is 15.3 Å². The second kappa shape index (κ2) is 5.49. The summed E-state index contributed by atoms with van der Waals surface area (Å²) in [4.78, 5) is 12.9. The van der Waals surface area contributed by atoms with Gasteiger partial charge in [-0.25, -0.2) is 0 Å². The first kappa shape index (κ1) is 13.5. The fourth-order valence-corrected chi connectivity index (χ4v) is 2.70. The van der Waals surface area contributed by atoms with Crippen molar-refractivity contribution in [3.63, 3.8) is 0 Å². The Labute approximate surface area is 125 Å². The van der Waals surface area contributed by atoms with Gasteiger partial charge in [0.15, 0.2) is 11.5 Å². The van der Waals surface area contributed by atoms with Crippen molar-refractivity contribution < 1.29 is 4.79 Å². The van der Waals surface area contributed by atoms with Crippen molar-refractivity contribution in [2.24, 2.45) is 5.73 Å². The Morgan fingerprint density at radius 1 is 1.38 bits per heavy atom. The van der Waals surface area contributed by atoms with Crippen LogP contribution in [0.2, 0.25) is 0 Å². The molecule has 0 bridgehead atoms. The minimum atomic E-state index is -0.388. The minimum Gasteiger partial charge on any atom is -0.368 e. The lowest BCUT2D eigenvalue weighted by Crippen LogP contribution is -2.34. The van der Waals surface area contributed by atoms with E-state index in [9.17, 15) is 4.79 Å². The second-order valence-electron chi connectivity index (χ2n) is 4.48. The number of anilines is 1. The van der Waals surface area contributed by atoms with Gasteiger partial charge in [0.1, 0.15) is 5.82 Å². The number of hydrogen-bond acceptors (Lipinski definition) is 6. The van der Waals surface area contributed by atoms with Gasteiger partial charge in [-0.2, -0.15) is 15.9 Å². The Bertz CT molecular complexity index is 766. The lowest BCUT2D eigenvalue weighted by molar-refractivity contribution is -0.116. The lowest BCUT2D eigenvalue weighted by Gasteiger charge is -2.19. The first-order valence-corrected chi connectivity index (χ1v) is 7.41. The third kappa shape index (κ3) is 2.57. The number of primary amides is 1. The van der Waals surface area contributed by atoms with Crippen LogP contribution < -0.4 is 10.6 Å². The molecule has 0 saturated heterocycles. The summed E-state index contributed by atoms with van der Waals surface area (Å²) >= 11 is 1.59. The average molecular weight is 302 g/mol. The highest BCUT2D eigenvalue weighted by atomic mass is 32.1. The molecule has 0 aromatic carbocycles. The molecule has 0 atom stereocenters. The van der Waals surface area contributed by atoms with E-state index < -0.39 is 0 Å². The average Bonchev–Trinajstić information content (AvgIpc) is 3.12. The number of nitrogens with zero attached hydrogens (tertiary/aromatic N) is 5. The van der Waals surface area contributed by atoms with Gasteiger partial charge in [0.05, 0.1) is 6.54 Å². The summed E-state index contributed by atoms with van der Waals surface area (Å²) in [6, 6.07) is 5.61. The van der Waals surface area contributed by atoms with Crippen molar-refractivity contribution in [2.45, 2.75) is 6.92 Å². The summed E-state index contributed by atoms with van der Waals surface area (Å²) in [6.07, 6.45) is 0. The molecule has 0 spiro atoms. The second-order valence-corrected chi connectivity index (χ2v) is 5.26. The van der Waals surface area contributed by atoms with Crippen molar-refractivity contribution in [1.82, 2.24) is 19.8 Å². The summed E-state index contributed by atoms with van der Waals surface area (Å²) in [7, 11) is 0. The Morgan fingerprint density at radius 3 is 2.90 bits per heavy atom. The van der Waals surface area contributed by atoms with Crippen molar-refractivity contribution >= 4 is 28.7 Å². The molecule has 7 nitrogen and oxygen atoms in total. The normalized spacial score (nSPS) is 10.9. The van der Waals surface area contributed by atoms with Gasteiger partial charge in [-0.05, 0) is 30.5 Å². The fraction of sp³-hybridized carbons (Fsp3) is 0.231. The topological polar surface area (TPSA) is 89.4 Å². The molecule has 0 saturated carbocycles. The standard InChI is InChI=1S/C13H14N6OS/c1-2-18(7-10(14)20)12-4-3-11-15-16-13(19(11)17-12)9-5-6-21-8-9/h3-6,8H,2,7H2,1H3,(H2,14,20). The molecule has 21 heavy (non-hydrogen) atoms. The summed E-state index contributed by atoms with van der Waals surface area (Å²) < 4.78 is 1.68. The van der Waals surface area contributed by atoms with Crippen LogP contribution in [-0.4, -0.2) is 38.8 Å². The largest absolute Gasteiger partial charge is 0.368 e. The zero-order valence-electron chi connectivity index (χ0n) is 11.4. The molecule has 0 aliphatic heterocycles. The van der Waals surface area contributed by atoms with Crippen LogP contribution in [0.15, 0.2) is 29.0 Å². The molecule has 0 fully saturated rings. The smallest absolute Gasteiger partial charge is 0.236 e. The van der Waals surface area contributed by atoms with E-state index in [-0.39, 0.29) is 12.5 Å². The van der Waals surface area contributed by atoms with E-state index >= 15 is 0 Å². The van der Waals surface area contributed by atoms with Gasteiger partial charge >= 0.3 is 0 Å². The van der Waals surface area contributed by atoms with Crippen molar-refractivity contribution in [3.8, 4) is 11.4 Å². The molecule has 108 valence electrons. The number of likely N-dealkylation sites (N-methyl/N-ethyl adjacent to an activating group) is 1. The van der Waals surface area contributed by atoms with E-state index in [0.717, 1.165) is 5.56 Å². The van der Waals surface area contributed by atoms with Gasteiger partial charge in [-0.3, -0.25) is 4.79 Å². The Balaban J connectivity index is 2.06. The van der Waals surface area contributed by atoms with Crippen molar-refractivity contribution in [3.05, 3.63) is 29.0 Å². The number of aromatic nitrogens is 4. The quantitative estimate of drug-likeness (QED) is 0.764. The summed E-state index contributed by atoms with van der Waals surface area (Å²) in [6.45, 7) is 2.71. The molecule has 3 aromatic heterocycles. The zero-order valence-corrected chi connectivity index (χ0v) is 12.2. The highest BCUT2D eigenvalue weighted by Crippen LogP contribution is 2.21. The maximum absolute atomic E-state index is 11.1. The first-order chi connectivity index (χ1) is 10.2. The van der Waals surface area contributed by atoms with Crippen LogP contribution in [0.5, 0.6) is 0 Å². The number of hydrogen-bond donors (Lipinski definition) is 1. The van der Waals surface area contributed by atoms with E-state index in [4.69, 9.17) is 5.73 Å². The van der Waals surface area contributed by atoms with Crippen molar-refractivity contribution in [1.29, 1.82) is 0 Å². The first-order valence-electron chi connectivity index (χ1n) is 6.47. The lowest BCUT2D eigenvalue weighted by atomic mass is 10.3. The third-order valence-electron chi connectivity index (χ3n) is 3.08. The van der Waals surface area contributed by atoms with Crippen LogP contribution in [0.4, 0.5) is 5.82 Å². The fourth-order valence-electron chi connectivity index (χ4n) is 2.06. The zero-order chi connectivity index (χ0) is 14.8. The van der Waals surface area contributed by atoms with Gasteiger partial charge < -0.3 is 10.6 Å². The minimum absolute atomic E-state index is 0.130. The predicted octanol–water partition coefficient (Wildman–Crippen LogP) is 1.16. The third-order valence-corrected chi connectivity index (χ3v) is 3.76. The molecule has 0 radical (unpaired) electrons. The number of carbonyl (C=O) groups is 1. The van der Waals surface area contributed by atoms with Gasteiger partial charge in [0.2, 0.25) is 5.91 Å². The molecular weight excluding hydrogens is 288 g/mol. The molecule has 3 rings (SSSR count). The molecule has 1 amide bonds. The van der Waals surface area contributed by atoms with Gasteiger partial charge in [-0.15, -0.1) is 15.3 Å². The molecule has 3 heterocycles. The molecule has 0 aliphatic rings. The molecule has 0 unspecified atom stereocenters. The summed E-state index contributed by atoms with van der Waals surface area (Å²) in [5, 5.41) is 16.8. The van der Waals surface area contributed by atoms with Crippen LogP contribution in [0.25, 0.3) is 17.0 Å². The number of rotatable bonds is 5. The monoisotopic (exact) mass is 302 g/mol. The van der Waals surface area contributed by atoms with E-state index in [0.29, 0.717) is 23.8 Å². The number of fused-ring (bicyclic) bond motifs is 1. The summed E-state index contributed by atoms with van der Waals surface area (Å²) in [5.74, 6) is 0.962. The van der Waals surface area contributed by atoms with Crippen LogP contribution in [0.1, 0.15) is 6.92 Å². The Morgan fingerprint density at radius 2 is 2.24 bits per heavy atom. The highest BCUT2D eigenvalue weighted by molar-refractivity contribution is 7.08. The maximum Gasteiger partial charge on any atom is 0.236 e. The van der Waals surface area contributed by atoms with Gasteiger partial charge in [-0.1, -0.05) is 0 Å². The van der Waals surface area contributed by atoms with Crippen molar-refractivity contribution in [2.75, 3.05) is 18.0 Å². The number of nitrogens with two attached hydrogens (primary N) is 1. The number of carbonyl (C=O) groups excluding carboxylic acids is 1. The molecule has 8 heteroatoms. The molecule has 2 N–H and O–H groups in total. The maximum atomic E-state index is 11.1. The van der Waals surface area contributed by atoms with Gasteiger partial charge in [0, 0.05) is 17.5 Å². The molecule has 3 aromatic rings. The molecular formula is C13H14N6OS. The van der Waals surface area contributed by atoms with Crippen LogP contribution in [0.3, 0.4) is 0 Å². The van der Waals surface area contributed by atoms with Crippen LogP contribution >= 0.6 is 11.3 Å². The summed E-state index contributed by atoms with van der Waals surface area (Å²) in [5.41, 5.74) is 6.90. The predicted molar refractivity (Wildman–Crippen MR) is 81.2 cm³/mol. The van der Waals surface area contributed by atoms with E-state index in [1.165, 1.54) is 0 Å². The van der Waals surface area contributed by atoms with Gasteiger partial charge in [0.25, 0.3) is 0 Å². The van der Waals surface area contributed by atoms with E-state index in [1.807, 2.05) is 35.9 Å². The number of thiophene rings is 1. The molecule has 0 aliphatic carbocycles.